The molecular weight excluding hydrogens is 481 g/mol. The first kappa shape index (κ1) is 29.3. The maximum Gasteiger partial charge on any atom is 0.243 e. The van der Waals surface area contributed by atoms with Crippen molar-refractivity contribution >= 4 is 27.5 Å². The van der Waals surface area contributed by atoms with Crippen molar-refractivity contribution in [2.45, 2.75) is 72.0 Å². The Labute approximate surface area is 214 Å². The second-order valence-electron chi connectivity index (χ2n) is 9.16. The zero-order valence-electron chi connectivity index (χ0n) is 21.8. The topological polar surface area (TPSA) is 86.8 Å². The van der Waals surface area contributed by atoms with Crippen LogP contribution in [0.4, 0.5) is 10.1 Å². The molecule has 0 fully saturated rings. The third kappa shape index (κ3) is 8.62. The van der Waals surface area contributed by atoms with Crippen LogP contribution in [0.2, 0.25) is 0 Å². The van der Waals surface area contributed by atoms with Gasteiger partial charge in [0.05, 0.1) is 11.9 Å². The van der Waals surface area contributed by atoms with Crippen LogP contribution in [0.15, 0.2) is 48.5 Å². The Morgan fingerprint density at radius 2 is 1.61 bits per heavy atom. The molecule has 9 heteroatoms. The molecule has 0 saturated heterocycles. The molecule has 0 aliphatic carbocycles. The number of aryl methyl sites for hydroxylation is 1. The van der Waals surface area contributed by atoms with Crippen LogP contribution in [0, 0.1) is 12.7 Å². The average Bonchev–Trinajstić information content (AvgIpc) is 2.82. The van der Waals surface area contributed by atoms with E-state index in [0.717, 1.165) is 28.1 Å². The lowest BCUT2D eigenvalue weighted by Crippen LogP contribution is -2.50. The van der Waals surface area contributed by atoms with Gasteiger partial charge in [0.25, 0.3) is 0 Å². The molecule has 0 unspecified atom stereocenters. The zero-order chi connectivity index (χ0) is 26.9. The molecule has 0 heterocycles. The van der Waals surface area contributed by atoms with E-state index in [1.165, 1.54) is 24.3 Å². The smallest absolute Gasteiger partial charge is 0.243 e. The van der Waals surface area contributed by atoms with E-state index in [4.69, 9.17) is 0 Å². The summed E-state index contributed by atoms with van der Waals surface area (Å²) in [5.74, 6) is -0.888. The highest BCUT2D eigenvalue weighted by Gasteiger charge is 2.29. The van der Waals surface area contributed by atoms with Crippen molar-refractivity contribution in [2.24, 2.45) is 0 Å². The summed E-state index contributed by atoms with van der Waals surface area (Å²) in [4.78, 5) is 28.0. The fourth-order valence-corrected chi connectivity index (χ4v) is 4.83. The average molecular weight is 520 g/mol. The van der Waals surface area contributed by atoms with Crippen molar-refractivity contribution in [3.8, 4) is 0 Å². The Hall–Kier alpha value is -2.94. The van der Waals surface area contributed by atoms with Gasteiger partial charge in [-0.15, -0.1) is 0 Å². The van der Waals surface area contributed by atoms with Gasteiger partial charge in [0.1, 0.15) is 11.9 Å². The Kier molecular flexibility index (Phi) is 10.9. The molecule has 0 aliphatic heterocycles. The highest BCUT2D eigenvalue weighted by molar-refractivity contribution is 7.92. The predicted octanol–water partition coefficient (Wildman–Crippen LogP) is 4.40. The van der Waals surface area contributed by atoms with Crippen LogP contribution in [-0.4, -0.2) is 50.0 Å². The Morgan fingerprint density at radius 3 is 2.14 bits per heavy atom. The summed E-state index contributed by atoms with van der Waals surface area (Å²) in [7, 11) is -3.63. The molecule has 2 amide bonds. The van der Waals surface area contributed by atoms with Crippen molar-refractivity contribution in [3.63, 3.8) is 0 Å². The van der Waals surface area contributed by atoms with Gasteiger partial charge >= 0.3 is 0 Å². The molecule has 0 aromatic heterocycles. The predicted molar refractivity (Wildman–Crippen MR) is 142 cm³/mol. The number of carbonyl (C=O) groups is 2. The lowest BCUT2D eigenvalue weighted by Gasteiger charge is -2.32. The number of anilines is 1. The van der Waals surface area contributed by atoms with Gasteiger partial charge in [0, 0.05) is 25.6 Å². The summed E-state index contributed by atoms with van der Waals surface area (Å²) in [5, 5.41) is 2.98. The zero-order valence-corrected chi connectivity index (χ0v) is 22.6. The van der Waals surface area contributed by atoms with Crippen LogP contribution in [0.1, 0.15) is 57.6 Å². The van der Waals surface area contributed by atoms with E-state index in [-0.39, 0.29) is 43.8 Å². The molecule has 0 aliphatic rings. The number of carbonyl (C=O) groups excluding carboxylic acids is 2. The van der Waals surface area contributed by atoms with Gasteiger partial charge < -0.3 is 10.2 Å². The van der Waals surface area contributed by atoms with Crippen LogP contribution < -0.4 is 9.62 Å². The van der Waals surface area contributed by atoms with Crippen LogP contribution >= 0.6 is 0 Å². The standard InChI is InChI=1S/C27H38FN3O4S/c1-6-21(4)29-27(33)25(7-2)30(19-22-12-10-20(3)11-13-22)26(32)9-8-18-31(36(5,34)35)24-16-14-23(28)15-17-24/h10-17,21,25H,6-9,18-19H2,1-5H3,(H,29,33)/t21-,25+/m0/s1. The number of nitrogens with one attached hydrogen (secondary N) is 1. The molecule has 2 aromatic carbocycles. The highest BCUT2D eigenvalue weighted by Crippen LogP contribution is 2.20. The van der Waals surface area contributed by atoms with E-state index < -0.39 is 21.9 Å². The Bertz CT molecular complexity index is 1100. The monoisotopic (exact) mass is 519 g/mol. The summed E-state index contributed by atoms with van der Waals surface area (Å²) in [6.45, 7) is 8.09. The third-order valence-electron chi connectivity index (χ3n) is 6.13. The normalized spacial score (nSPS) is 13.1. The molecule has 0 saturated carbocycles. The third-order valence-corrected chi connectivity index (χ3v) is 7.32. The van der Waals surface area contributed by atoms with Crippen LogP contribution in [0.25, 0.3) is 0 Å². The van der Waals surface area contributed by atoms with Gasteiger partial charge in [-0.2, -0.15) is 0 Å². The first-order valence-electron chi connectivity index (χ1n) is 12.3. The number of rotatable bonds is 13. The van der Waals surface area contributed by atoms with Crippen molar-refractivity contribution in [1.82, 2.24) is 10.2 Å². The summed E-state index contributed by atoms with van der Waals surface area (Å²) < 4.78 is 39.2. The number of hydrogen-bond donors (Lipinski definition) is 1. The van der Waals surface area contributed by atoms with Crippen LogP contribution in [0.3, 0.4) is 0 Å². The molecule has 1 N–H and O–H groups in total. The van der Waals surface area contributed by atoms with Gasteiger partial charge in [-0.05, 0) is 62.9 Å². The lowest BCUT2D eigenvalue weighted by molar-refractivity contribution is -0.141. The number of amides is 2. The number of benzene rings is 2. The second-order valence-corrected chi connectivity index (χ2v) is 11.1. The van der Waals surface area contributed by atoms with Gasteiger partial charge in [-0.25, -0.2) is 12.8 Å². The SMILES string of the molecule is CC[C@H](C(=O)N[C@@H](C)CC)N(Cc1ccc(C)cc1)C(=O)CCCN(c1ccc(F)cc1)S(C)(=O)=O. The van der Waals surface area contributed by atoms with Crippen molar-refractivity contribution in [2.75, 3.05) is 17.1 Å². The fourth-order valence-electron chi connectivity index (χ4n) is 3.86. The van der Waals surface area contributed by atoms with Gasteiger partial charge in [0.2, 0.25) is 21.8 Å². The summed E-state index contributed by atoms with van der Waals surface area (Å²) in [6, 6.07) is 12.3. The second kappa shape index (κ2) is 13.4. The molecule has 0 bridgehead atoms. The minimum absolute atomic E-state index is 0.0121. The van der Waals surface area contributed by atoms with E-state index in [1.807, 2.05) is 52.0 Å². The highest BCUT2D eigenvalue weighted by atomic mass is 32.2. The molecule has 0 spiro atoms. The molecule has 36 heavy (non-hydrogen) atoms. The lowest BCUT2D eigenvalue weighted by atomic mass is 10.1. The fraction of sp³-hybridized carbons (Fsp3) is 0.481. The molecular formula is C27H38FN3O4S. The molecule has 2 rings (SSSR count). The number of nitrogens with zero attached hydrogens (tertiary/aromatic N) is 2. The molecule has 198 valence electrons. The number of halogens is 1. The Morgan fingerprint density at radius 1 is 1.00 bits per heavy atom. The van der Waals surface area contributed by atoms with Crippen molar-refractivity contribution < 1.29 is 22.4 Å². The number of hydrogen-bond acceptors (Lipinski definition) is 4. The van der Waals surface area contributed by atoms with E-state index in [9.17, 15) is 22.4 Å². The van der Waals surface area contributed by atoms with E-state index in [1.54, 1.807) is 4.90 Å². The van der Waals surface area contributed by atoms with E-state index in [2.05, 4.69) is 5.32 Å². The van der Waals surface area contributed by atoms with E-state index >= 15 is 0 Å². The minimum Gasteiger partial charge on any atom is -0.352 e. The largest absolute Gasteiger partial charge is 0.352 e. The summed E-state index contributed by atoms with van der Waals surface area (Å²) in [5.41, 5.74) is 2.34. The van der Waals surface area contributed by atoms with Crippen LogP contribution in [-0.2, 0) is 26.2 Å². The van der Waals surface area contributed by atoms with Gasteiger partial charge in [-0.3, -0.25) is 13.9 Å². The minimum atomic E-state index is -3.63. The maximum absolute atomic E-state index is 13.4. The first-order chi connectivity index (χ1) is 17.0. The van der Waals surface area contributed by atoms with E-state index in [0.29, 0.717) is 12.1 Å². The summed E-state index contributed by atoms with van der Waals surface area (Å²) >= 11 is 0. The summed E-state index contributed by atoms with van der Waals surface area (Å²) in [6.07, 6.45) is 2.61. The van der Waals surface area contributed by atoms with Gasteiger partial charge in [-0.1, -0.05) is 43.7 Å². The number of sulfonamides is 1. The van der Waals surface area contributed by atoms with Gasteiger partial charge in [0.15, 0.2) is 0 Å². The molecule has 2 aromatic rings. The molecule has 2 atom stereocenters. The van der Waals surface area contributed by atoms with Crippen molar-refractivity contribution in [3.05, 3.63) is 65.5 Å². The Balaban J connectivity index is 2.21. The molecule has 7 nitrogen and oxygen atoms in total. The maximum atomic E-state index is 13.4. The first-order valence-corrected chi connectivity index (χ1v) is 14.2. The van der Waals surface area contributed by atoms with Crippen LogP contribution in [0.5, 0.6) is 0 Å². The molecule has 0 radical (unpaired) electrons. The van der Waals surface area contributed by atoms with Crippen molar-refractivity contribution in [1.29, 1.82) is 0 Å². The quantitative estimate of drug-likeness (QED) is 0.425.